The number of urea groups is 1. The lowest BCUT2D eigenvalue weighted by molar-refractivity contribution is 0.109. The molecule has 0 spiro atoms. The number of anilines is 1. The van der Waals surface area contributed by atoms with Gasteiger partial charge in [-0.2, -0.15) is 0 Å². The highest BCUT2D eigenvalue weighted by Crippen LogP contribution is 2.23. The molecule has 0 saturated heterocycles. The Morgan fingerprint density at radius 1 is 1.26 bits per heavy atom. The number of amides is 2. The Morgan fingerprint density at radius 2 is 1.95 bits per heavy atom. The number of para-hydroxylation sites is 1. The fraction of sp³-hybridized carbons (Fsp3) is 0.500. The van der Waals surface area contributed by atoms with Crippen molar-refractivity contribution >= 4 is 11.7 Å². The van der Waals surface area contributed by atoms with E-state index in [1.807, 2.05) is 0 Å². The van der Waals surface area contributed by atoms with E-state index in [4.69, 9.17) is 0 Å². The molecule has 0 unspecified atom stereocenters. The lowest BCUT2D eigenvalue weighted by Crippen LogP contribution is -2.35. The maximum Gasteiger partial charge on any atom is 0.319 e. The standard InChI is InChI=1S/C14H19FN2O2/c15-12-3-1-2-4-13(12)17-14(19)16-9-10-5-7-11(18)8-6-10/h1-4,10-11,18H,5-9H2,(H2,16,17,19). The number of aliphatic hydroxyl groups excluding tert-OH is 1. The van der Waals surface area contributed by atoms with Gasteiger partial charge in [0.25, 0.3) is 0 Å². The average Bonchev–Trinajstić information content (AvgIpc) is 2.41. The molecule has 0 bridgehead atoms. The van der Waals surface area contributed by atoms with Gasteiger partial charge in [-0.25, -0.2) is 9.18 Å². The van der Waals surface area contributed by atoms with Gasteiger partial charge in [0, 0.05) is 6.54 Å². The molecule has 1 aliphatic rings. The Balaban J connectivity index is 1.74. The molecule has 1 fully saturated rings. The van der Waals surface area contributed by atoms with Crippen LogP contribution in [0, 0.1) is 11.7 Å². The monoisotopic (exact) mass is 266 g/mol. The third-order valence-corrected chi connectivity index (χ3v) is 3.49. The lowest BCUT2D eigenvalue weighted by Gasteiger charge is -2.25. The summed E-state index contributed by atoms with van der Waals surface area (Å²) < 4.78 is 13.3. The maximum absolute atomic E-state index is 13.3. The third kappa shape index (κ3) is 4.21. The van der Waals surface area contributed by atoms with Crippen LogP contribution >= 0.6 is 0 Å². The molecule has 19 heavy (non-hydrogen) atoms. The highest BCUT2D eigenvalue weighted by molar-refractivity contribution is 5.89. The van der Waals surface area contributed by atoms with Gasteiger partial charge in [-0.05, 0) is 43.7 Å². The Labute approximate surface area is 112 Å². The number of hydrogen-bond donors (Lipinski definition) is 3. The molecule has 0 aromatic heterocycles. The molecule has 1 aromatic rings. The number of rotatable bonds is 3. The molecule has 0 heterocycles. The zero-order chi connectivity index (χ0) is 13.7. The van der Waals surface area contributed by atoms with Crippen LogP contribution in [0.5, 0.6) is 0 Å². The molecule has 1 aromatic carbocycles. The molecule has 3 N–H and O–H groups in total. The molecule has 1 saturated carbocycles. The molecule has 0 atom stereocenters. The van der Waals surface area contributed by atoms with Crippen LogP contribution in [-0.4, -0.2) is 23.8 Å². The first kappa shape index (κ1) is 13.8. The predicted octanol–water partition coefficient (Wildman–Crippen LogP) is 2.50. The number of carbonyl (C=O) groups excluding carboxylic acids is 1. The topological polar surface area (TPSA) is 61.4 Å². The number of benzene rings is 1. The summed E-state index contributed by atoms with van der Waals surface area (Å²) in [6.45, 7) is 0.563. The summed E-state index contributed by atoms with van der Waals surface area (Å²) in [6.07, 6.45) is 3.23. The van der Waals surface area contributed by atoms with E-state index in [2.05, 4.69) is 10.6 Å². The molecule has 104 valence electrons. The number of carbonyl (C=O) groups is 1. The van der Waals surface area contributed by atoms with Gasteiger partial charge in [0.1, 0.15) is 5.82 Å². The summed E-state index contributed by atoms with van der Waals surface area (Å²) in [6, 6.07) is 5.67. The summed E-state index contributed by atoms with van der Waals surface area (Å²) >= 11 is 0. The average molecular weight is 266 g/mol. The van der Waals surface area contributed by atoms with Crippen LogP contribution in [-0.2, 0) is 0 Å². The zero-order valence-corrected chi connectivity index (χ0v) is 10.7. The first-order valence-corrected chi connectivity index (χ1v) is 6.62. The van der Waals surface area contributed by atoms with E-state index in [1.165, 1.54) is 12.1 Å². The van der Waals surface area contributed by atoms with E-state index in [9.17, 15) is 14.3 Å². The minimum atomic E-state index is -0.446. The largest absolute Gasteiger partial charge is 0.393 e. The lowest BCUT2D eigenvalue weighted by atomic mass is 9.87. The molecule has 0 radical (unpaired) electrons. The van der Waals surface area contributed by atoms with E-state index < -0.39 is 11.8 Å². The van der Waals surface area contributed by atoms with Crippen LogP contribution in [0.3, 0.4) is 0 Å². The summed E-state index contributed by atoms with van der Waals surface area (Å²) in [5, 5.41) is 14.6. The Morgan fingerprint density at radius 3 is 2.63 bits per heavy atom. The van der Waals surface area contributed by atoms with Crippen LogP contribution in [0.4, 0.5) is 14.9 Å². The van der Waals surface area contributed by atoms with Gasteiger partial charge in [-0.15, -0.1) is 0 Å². The number of nitrogens with one attached hydrogen (secondary N) is 2. The Kier molecular flexibility index (Phi) is 4.74. The van der Waals surface area contributed by atoms with Gasteiger partial charge >= 0.3 is 6.03 Å². The Hall–Kier alpha value is -1.62. The molecular weight excluding hydrogens is 247 g/mol. The fourth-order valence-corrected chi connectivity index (χ4v) is 2.32. The summed E-state index contributed by atoms with van der Waals surface area (Å²) in [5.41, 5.74) is 0.180. The summed E-state index contributed by atoms with van der Waals surface area (Å²) in [5.74, 6) is -0.0480. The van der Waals surface area contributed by atoms with Crippen LogP contribution in [0.15, 0.2) is 24.3 Å². The molecule has 0 aliphatic heterocycles. The van der Waals surface area contributed by atoms with Crippen molar-refractivity contribution in [2.45, 2.75) is 31.8 Å². The molecule has 5 heteroatoms. The summed E-state index contributed by atoms with van der Waals surface area (Å²) in [7, 11) is 0. The Bertz CT molecular complexity index is 431. The van der Waals surface area contributed by atoms with E-state index >= 15 is 0 Å². The van der Waals surface area contributed by atoms with Crippen LogP contribution in [0.1, 0.15) is 25.7 Å². The minimum absolute atomic E-state index is 0.180. The maximum atomic E-state index is 13.3. The fourth-order valence-electron chi connectivity index (χ4n) is 2.32. The second kappa shape index (κ2) is 6.52. The van der Waals surface area contributed by atoms with Crippen molar-refractivity contribution in [2.75, 3.05) is 11.9 Å². The number of hydrogen-bond acceptors (Lipinski definition) is 2. The van der Waals surface area contributed by atoms with Crippen molar-refractivity contribution in [3.63, 3.8) is 0 Å². The van der Waals surface area contributed by atoms with Gasteiger partial charge in [-0.1, -0.05) is 12.1 Å². The van der Waals surface area contributed by atoms with Gasteiger partial charge in [0.05, 0.1) is 11.8 Å². The van der Waals surface area contributed by atoms with Crippen LogP contribution in [0.2, 0.25) is 0 Å². The molecule has 4 nitrogen and oxygen atoms in total. The van der Waals surface area contributed by atoms with Crippen molar-refractivity contribution < 1.29 is 14.3 Å². The third-order valence-electron chi connectivity index (χ3n) is 3.49. The van der Waals surface area contributed by atoms with E-state index in [0.29, 0.717) is 12.5 Å². The highest BCUT2D eigenvalue weighted by atomic mass is 19.1. The van der Waals surface area contributed by atoms with Gasteiger partial charge in [-0.3, -0.25) is 0 Å². The number of halogens is 1. The van der Waals surface area contributed by atoms with Crippen molar-refractivity contribution in [3.8, 4) is 0 Å². The van der Waals surface area contributed by atoms with Gasteiger partial charge in [0.2, 0.25) is 0 Å². The van der Waals surface area contributed by atoms with E-state index in [1.54, 1.807) is 12.1 Å². The van der Waals surface area contributed by atoms with Crippen molar-refractivity contribution in [3.05, 3.63) is 30.1 Å². The molecular formula is C14H19FN2O2. The normalized spacial score (nSPS) is 22.8. The van der Waals surface area contributed by atoms with Gasteiger partial charge < -0.3 is 15.7 Å². The zero-order valence-electron chi connectivity index (χ0n) is 10.7. The minimum Gasteiger partial charge on any atom is -0.393 e. The first-order chi connectivity index (χ1) is 9.15. The smallest absolute Gasteiger partial charge is 0.319 e. The number of aliphatic hydroxyl groups is 1. The molecule has 2 amide bonds. The van der Waals surface area contributed by atoms with Crippen molar-refractivity contribution in [2.24, 2.45) is 5.92 Å². The highest BCUT2D eigenvalue weighted by Gasteiger charge is 2.19. The first-order valence-electron chi connectivity index (χ1n) is 6.62. The second-order valence-electron chi connectivity index (χ2n) is 4.99. The quantitative estimate of drug-likeness (QED) is 0.787. The second-order valence-corrected chi connectivity index (χ2v) is 4.99. The summed E-state index contributed by atoms with van der Waals surface area (Å²) in [4.78, 5) is 11.6. The van der Waals surface area contributed by atoms with Crippen LogP contribution in [0.25, 0.3) is 0 Å². The van der Waals surface area contributed by atoms with Gasteiger partial charge in [0.15, 0.2) is 0 Å². The predicted molar refractivity (Wildman–Crippen MR) is 71.4 cm³/mol. The van der Waals surface area contributed by atoms with Crippen molar-refractivity contribution in [1.29, 1.82) is 0 Å². The van der Waals surface area contributed by atoms with E-state index in [-0.39, 0.29) is 11.8 Å². The van der Waals surface area contributed by atoms with Crippen molar-refractivity contribution in [1.82, 2.24) is 5.32 Å². The molecule has 2 rings (SSSR count). The SMILES string of the molecule is O=C(NCC1CCC(O)CC1)Nc1ccccc1F. The van der Waals surface area contributed by atoms with E-state index in [0.717, 1.165) is 25.7 Å². The van der Waals surface area contributed by atoms with Crippen LogP contribution < -0.4 is 10.6 Å². The molecule has 1 aliphatic carbocycles.